The van der Waals surface area contributed by atoms with Gasteiger partial charge in [-0.15, -0.1) is 0 Å². The highest BCUT2D eigenvalue weighted by Gasteiger charge is 2.14. The fraction of sp³-hybridized carbons (Fsp3) is 0.0625. The maximum absolute atomic E-state index is 13.6. The molecule has 2 nitrogen and oxygen atoms in total. The first-order valence-electron chi connectivity index (χ1n) is 6.34. The van der Waals surface area contributed by atoms with Crippen molar-refractivity contribution in [3.8, 4) is 5.69 Å². The third-order valence-electron chi connectivity index (χ3n) is 3.15. The molecular formula is C16H11BrClFN2. The fourth-order valence-electron chi connectivity index (χ4n) is 2.05. The lowest BCUT2D eigenvalue weighted by molar-refractivity contribution is 0.626. The van der Waals surface area contributed by atoms with Crippen LogP contribution in [0, 0.1) is 5.82 Å². The number of para-hydroxylation sites is 1. The van der Waals surface area contributed by atoms with Crippen LogP contribution in [0.4, 0.5) is 4.39 Å². The van der Waals surface area contributed by atoms with E-state index in [9.17, 15) is 4.39 Å². The predicted molar refractivity (Wildman–Crippen MR) is 85.7 cm³/mol. The van der Waals surface area contributed by atoms with Crippen LogP contribution < -0.4 is 0 Å². The topological polar surface area (TPSA) is 17.8 Å². The molecule has 0 saturated carbocycles. The Bertz CT molecular complexity index is 758. The van der Waals surface area contributed by atoms with Gasteiger partial charge in [0.05, 0.1) is 21.7 Å². The number of nitrogens with zero attached hydrogens (tertiary/aromatic N) is 2. The van der Waals surface area contributed by atoms with E-state index in [2.05, 4.69) is 21.0 Å². The maximum atomic E-state index is 13.6. The summed E-state index contributed by atoms with van der Waals surface area (Å²) >= 11 is 9.28. The number of rotatable bonds is 3. The van der Waals surface area contributed by atoms with Crippen LogP contribution in [0.15, 0.2) is 60.9 Å². The van der Waals surface area contributed by atoms with Gasteiger partial charge in [0.15, 0.2) is 0 Å². The van der Waals surface area contributed by atoms with Crippen molar-refractivity contribution in [1.82, 2.24) is 9.78 Å². The quantitative estimate of drug-likeness (QED) is 0.587. The van der Waals surface area contributed by atoms with Gasteiger partial charge in [-0.1, -0.05) is 51.8 Å². The number of aromatic nitrogens is 2. The summed E-state index contributed by atoms with van der Waals surface area (Å²) in [7, 11) is 0. The molecule has 0 N–H and O–H groups in total. The van der Waals surface area contributed by atoms with Gasteiger partial charge >= 0.3 is 0 Å². The van der Waals surface area contributed by atoms with Gasteiger partial charge in [0.2, 0.25) is 0 Å². The van der Waals surface area contributed by atoms with Crippen LogP contribution in [0.5, 0.6) is 0 Å². The largest absolute Gasteiger partial charge is 0.241 e. The summed E-state index contributed by atoms with van der Waals surface area (Å²) in [4.78, 5) is -0.137. The second-order valence-electron chi connectivity index (χ2n) is 4.59. The molecule has 1 heterocycles. The summed E-state index contributed by atoms with van der Waals surface area (Å²) in [5, 5.41) is 4.46. The minimum atomic E-state index is -0.422. The van der Waals surface area contributed by atoms with E-state index >= 15 is 0 Å². The van der Waals surface area contributed by atoms with E-state index in [1.54, 1.807) is 23.0 Å². The number of hydrogen-bond acceptors (Lipinski definition) is 1. The van der Waals surface area contributed by atoms with E-state index in [-0.39, 0.29) is 9.85 Å². The molecule has 0 saturated heterocycles. The van der Waals surface area contributed by atoms with Gasteiger partial charge in [-0.3, -0.25) is 0 Å². The van der Waals surface area contributed by atoms with E-state index in [1.807, 2.05) is 36.5 Å². The Kier molecular flexibility index (Phi) is 4.08. The molecule has 0 amide bonds. The lowest BCUT2D eigenvalue weighted by Crippen LogP contribution is -1.94. The van der Waals surface area contributed by atoms with Crippen LogP contribution in [0.2, 0.25) is 5.02 Å². The molecule has 3 aromatic rings. The average molecular weight is 366 g/mol. The van der Waals surface area contributed by atoms with E-state index in [0.29, 0.717) is 0 Å². The van der Waals surface area contributed by atoms with Crippen LogP contribution in [0.25, 0.3) is 5.69 Å². The van der Waals surface area contributed by atoms with Crippen LogP contribution in [-0.4, -0.2) is 9.78 Å². The van der Waals surface area contributed by atoms with Gasteiger partial charge in [-0.25, -0.2) is 9.07 Å². The Labute approximate surface area is 135 Å². The van der Waals surface area contributed by atoms with Crippen molar-refractivity contribution in [2.75, 3.05) is 0 Å². The van der Waals surface area contributed by atoms with Gasteiger partial charge in [0.25, 0.3) is 0 Å². The lowest BCUT2D eigenvalue weighted by atomic mass is 10.1. The van der Waals surface area contributed by atoms with E-state index < -0.39 is 5.82 Å². The monoisotopic (exact) mass is 364 g/mol. The SMILES string of the molecule is Fc1cc(C(Br)c2cnn(-c3ccccc3)c2)ccc1Cl. The summed E-state index contributed by atoms with van der Waals surface area (Å²) in [6, 6.07) is 14.6. The molecule has 0 fully saturated rings. The third kappa shape index (κ3) is 3.01. The highest BCUT2D eigenvalue weighted by atomic mass is 79.9. The molecule has 1 atom stereocenters. The van der Waals surface area contributed by atoms with Gasteiger partial charge in [0.1, 0.15) is 5.82 Å². The van der Waals surface area contributed by atoms with Crippen LogP contribution >= 0.6 is 27.5 Å². The number of alkyl halides is 1. The van der Waals surface area contributed by atoms with E-state index in [0.717, 1.165) is 16.8 Å². The Morgan fingerprint density at radius 2 is 1.86 bits per heavy atom. The molecular weight excluding hydrogens is 355 g/mol. The fourth-order valence-corrected chi connectivity index (χ4v) is 2.69. The van der Waals surface area contributed by atoms with E-state index in [4.69, 9.17) is 11.6 Å². The van der Waals surface area contributed by atoms with Crippen LogP contribution in [0.1, 0.15) is 16.0 Å². The van der Waals surface area contributed by atoms with Gasteiger partial charge in [0, 0.05) is 11.8 Å². The minimum absolute atomic E-state index is 0.124. The van der Waals surface area contributed by atoms with Gasteiger partial charge in [-0.05, 0) is 29.8 Å². The molecule has 1 unspecified atom stereocenters. The van der Waals surface area contributed by atoms with Crippen molar-refractivity contribution in [3.63, 3.8) is 0 Å². The van der Waals surface area contributed by atoms with Crippen molar-refractivity contribution in [3.05, 3.63) is 82.9 Å². The standard InChI is InChI=1S/C16H11BrClFN2/c17-16(11-6-7-14(18)15(19)8-11)12-9-20-21(10-12)13-4-2-1-3-5-13/h1-10,16H. The van der Waals surface area contributed by atoms with Gasteiger partial charge in [-0.2, -0.15) is 5.10 Å². The Morgan fingerprint density at radius 3 is 2.57 bits per heavy atom. The summed E-state index contributed by atoms with van der Waals surface area (Å²) in [5.41, 5.74) is 2.72. The molecule has 5 heteroatoms. The van der Waals surface area contributed by atoms with E-state index in [1.165, 1.54) is 6.07 Å². The molecule has 0 aliphatic heterocycles. The number of benzene rings is 2. The first-order valence-corrected chi connectivity index (χ1v) is 7.63. The molecule has 2 aromatic carbocycles. The first-order chi connectivity index (χ1) is 10.1. The Morgan fingerprint density at radius 1 is 1.10 bits per heavy atom. The highest BCUT2D eigenvalue weighted by molar-refractivity contribution is 9.09. The molecule has 0 aliphatic rings. The van der Waals surface area contributed by atoms with Crippen molar-refractivity contribution in [1.29, 1.82) is 0 Å². The number of hydrogen-bond donors (Lipinski definition) is 0. The smallest absolute Gasteiger partial charge is 0.142 e. The van der Waals surface area contributed by atoms with Crippen LogP contribution in [0.3, 0.4) is 0 Å². The predicted octanol–water partition coefficient (Wildman–Crippen LogP) is 5.15. The minimum Gasteiger partial charge on any atom is -0.241 e. The normalized spacial score (nSPS) is 12.3. The summed E-state index contributed by atoms with van der Waals surface area (Å²) in [6.07, 6.45) is 3.68. The van der Waals surface area contributed by atoms with Crippen molar-refractivity contribution in [2.24, 2.45) is 0 Å². The first kappa shape index (κ1) is 14.3. The summed E-state index contributed by atoms with van der Waals surface area (Å²) in [5.74, 6) is -0.422. The summed E-state index contributed by atoms with van der Waals surface area (Å²) < 4.78 is 15.3. The van der Waals surface area contributed by atoms with Crippen molar-refractivity contribution in [2.45, 2.75) is 4.83 Å². The second kappa shape index (κ2) is 6.00. The maximum Gasteiger partial charge on any atom is 0.142 e. The molecule has 0 bridgehead atoms. The van der Waals surface area contributed by atoms with Gasteiger partial charge < -0.3 is 0 Å². The molecule has 1 aromatic heterocycles. The second-order valence-corrected chi connectivity index (χ2v) is 5.91. The average Bonchev–Trinajstić information content (AvgIpc) is 3.00. The molecule has 0 aliphatic carbocycles. The molecule has 106 valence electrons. The zero-order chi connectivity index (χ0) is 14.8. The zero-order valence-corrected chi connectivity index (χ0v) is 13.2. The van der Waals surface area contributed by atoms with Crippen LogP contribution in [-0.2, 0) is 0 Å². The molecule has 3 rings (SSSR count). The van der Waals surface area contributed by atoms with Crippen molar-refractivity contribution < 1.29 is 4.39 Å². The lowest BCUT2D eigenvalue weighted by Gasteiger charge is -2.08. The number of halogens is 3. The summed E-state index contributed by atoms with van der Waals surface area (Å²) in [6.45, 7) is 0. The highest BCUT2D eigenvalue weighted by Crippen LogP contribution is 2.32. The Hall–Kier alpha value is -1.65. The Balaban J connectivity index is 1.90. The molecule has 0 spiro atoms. The third-order valence-corrected chi connectivity index (χ3v) is 4.52. The molecule has 21 heavy (non-hydrogen) atoms. The zero-order valence-electron chi connectivity index (χ0n) is 10.9. The van der Waals surface area contributed by atoms with Crippen molar-refractivity contribution >= 4 is 27.5 Å². The molecule has 0 radical (unpaired) electrons.